The van der Waals surface area contributed by atoms with Crippen molar-refractivity contribution in [3.8, 4) is 17.0 Å². The molecule has 1 fully saturated rings. The Morgan fingerprint density at radius 1 is 1.12 bits per heavy atom. The van der Waals surface area contributed by atoms with Gasteiger partial charge in [-0.3, -0.25) is 14.7 Å². The number of ether oxygens (including phenoxy) is 2. The van der Waals surface area contributed by atoms with E-state index in [2.05, 4.69) is 64.4 Å². The first kappa shape index (κ1) is 21.1. The molecular weight excluding hydrogens is 430 g/mol. The Balaban J connectivity index is 1.52. The van der Waals surface area contributed by atoms with Gasteiger partial charge in [0.25, 0.3) is 0 Å². The molecule has 34 heavy (non-hydrogen) atoms. The molecule has 9 heteroatoms. The average molecular weight is 460 g/mol. The largest absolute Gasteiger partial charge is 0.473 e. The Morgan fingerprint density at radius 3 is 2.76 bits per heavy atom. The fourth-order valence-electron chi connectivity index (χ4n) is 4.91. The molecule has 2 aliphatic rings. The van der Waals surface area contributed by atoms with Crippen molar-refractivity contribution in [3.05, 3.63) is 47.0 Å². The Morgan fingerprint density at radius 2 is 1.97 bits per heavy atom. The lowest BCUT2D eigenvalue weighted by atomic mass is 10.0. The zero-order valence-corrected chi connectivity index (χ0v) is 19.9. The molecule has 9 nitrogen and oxygen atoms in total. The normalized spacial score (nSPS) is 20.3. The van der Waals surface area contributed by atoms with E-state index in [4.69, 9.17) is 14.6 Å². The maximum absolute atomic E-state index is 6.52. The minimum atomic E-state index is -0.0404. The highest BCUT2D eigenvalue weighted by Crippen LogP contribution is 2.34. The fourth-order valence-corrected chi connectivity index (χ4v) is 4.91. The molecule has 0 radical (unpaired) electrons. The average Bonchev–Trinajstić information content (AvgIpc) is 3.41. The van der Waals surface area contributed by atoms with Crippen molar-refractivity contribution in [1.29, 1.82) is 0 Å². The summed E-state index contributed by atoms with van der Waals surface area (Å²) in [7, 11) is 3.94. The first-order chi connectivity index (χ1) is 16.5. The number of aryl methyl sites for hydroxylation is 3. The maximum Gasteiger partial charge on any atom is 0.219 e. The number of rotatable bonds is 1. The third-order valence-electron chi connectivity index (χ3n) is 6.88. The summed E-state index contributed by atoms with van der Waals surface area (Å²) >= 11 is 0. The molecule has 0 unspecified atom stereocenters. The van der Waals surface area contributed by atoms with Crippen LogP contribution in [0.25, 0.3) is 34.2 Å². The zero-order chi connectivity index (χ0) is 23.4. The van der Waals surface area contributed by atoms with Gasteiger partial charge in [0, 0.05) is 38.1 Å². The van der Waals surface area contributed by atoms with Crippen LogP contribution in [0.4, 0.5) is 0 Å². The second-order valence-electron chi connectivity index (χ2n) is 9.31. The van der Waals surface area contributed by atoms with Gasteiger partial charge in [0.05, 0.1) is 53.6 Å². The molecule has 1 aromatic carbocycles. The van der Waals surface area contributed by atoms with Gasteiger partial charge in [0.15, 0.2) is 0 Å². The van der Waals surface area contributed by atoms with Gasteiger partial charge >= 0.3 is 0 Å². The Hall–Kier alpha value is -3.43. The van der Waals surface area contributed by atoms with Gasteiger partial charge in [-0.05, 0) is 43.7 Å². The number of hydrogen-bond donors (Lipinski definition) is 1. The molecule has 0 spiro atoms. The molecule has 0 saturated carbocycles. The van der Waals surface area contributed by atoms with E-state index in [0.29, 0.717) is 6.04 Å². The van der Waals surface area contributed by atoms with E-state index in [0.717, 1.165) is 71.2 Å². The first-order valence-corrected chi connectivity index (χ1v) is 11.7. The van der Waals surface area contributed by atoms with E-state index in [1.807, 2.05) is 29.7 Å². The molecule has 2 aliphatic heterocycles. The van der Waals surface area contributed by atoms with Gasteiger partial charge < -0.3 is 9.47 Å². The second kappa shape index (κ2) is 8.11. The van der Waals surface area contributed by atoms with Crippen molar-refractivity contribution in [1.82, 2.24) is 34.7 Å². The van der Waals surface area contributed by atoms with E-state index in [1.54, 1.807) is 0 Å². The summed E-state index contributed by atoms with van der Waals surface area (Å²) in [6, 6.07) is 6.66. The Labute approximate surface area is 198 Å². The molecule has 4 aromatic rings. The highest BCUT2D eigenvalue weighted by molar-refractivity contribution is 5.93. The minimum Gasteiger partial charge on any atom is -0.473 e. The Kier molecular flexibility index (Phi) is 5.04. The number of nitrogens with one attached hydrogen (secondary N) is 1. The van der Waals surface area contributed by atoms with Crippen molar-refractivity contribution in [2.75, 3.05) is 19.8 Å². The van der Waals surface area contributed by atoms with Crippen LogP contribution in [0.1, 0.15) is 29.6 Å². The van der Waals surface area contributed by atoms with Crippen molar-refractivity contribution < 1.29 is 9.47 Å². The molecule has 1 atom stereocenters. The number of H-pyrrole nitrogens is 1. The molecule has 1 saturated heterocycles. The van der Waals surface area contributed by atoms with Crippen molar-refractivity contribution in [2.45, 2.75) is 32.5 Å². The van der Waals surface area contributed by atoms with Crippen LogP contribution in [0, 0.1) is 6.92 Å². The van der Waals surface area contributed by atoms with E-state index >= 15 is 0 Å². The molecule has 0 amide bonds. The third-order valence-corrected chi connectivity index (χ3v) is 6.88. The van der Waals surface area contributed by atoms with Gasteiger partial charge in [-0.1, -0.05) is 6.07 Å². The third kappa shape index (κ3) is 3.52. The van der Waals surface area contributed by atoms with Crippen molar-refractivity contribution >= 4 is 23.1 Å². The predicted molar refractivity (Wildman–Crippen MR) is 130 cm³/mol. The topological polar surface area (TPSA) is 86.0 Å². The monoisotopic (exact) mass is 459 g/mol. The van der Waals surface area contributed by atoms with Crippen LogP contribution in [0.5, 0.6) is 5.88 Å². The standard InChI is InChI=1S/C25H29N7O2/c1-15-11-32(18-13-33-14-18)12-24-19(16(2)29-30(24)3)6-8-23-20-9-17(5-7-22(20)27-28-23)21-10-26-31(4)25(21)34-15/h5-10,15,18H,11-14H2,1-4H3,(H,27,28)/b8-6+/t15-/m0/s1. The highest BCUT2D eigenvalue weighted by atomic mass is 16.5. The van der Waals surface area contributed by atoms with Crippen molar-refractivity contribution in [3.63, 3.8) is 0 Å². The first-order valence-electron chi connectivity index (χ1n) is 11.7. The van der Waals surface area contributed by atoms with Crippen LogP contribution >= 0.6 is 0 Å². The van der Waals surface area contributed by atoms with E-state index < -0.39 is 0 Å². The molecule has 3 aromatic heterocycles. The second-order valence-corrected chi connectivity index (χ2v) is 9.31. The highest BCUT2D eigenvalue weighted by Gasteiger charge is 2.30. The fraction of sp³-hybridized carbons (Fsp3) is 0.400. The summed E-state index contributed by atoms with van der Waals surface area (Å²) in [6.45, 7) is 7.19. The summed E-state index contributed by atoms with van der Waals surface area (Å²) < 4.78 is 15.9. The molecule has 0 aliphatic carbocycles. The summed E-state index contributed by atoms with van der Waals surface area (Å²) in [5.74, 6) is 0.768. The smallest absolute Gasteiger partial charge is 0.219 e. The van der Waals surface area contributed by atoms with Crippen LogP contribution in [0.2, 0.25) is 0 Å². The Bertz CT molecular complexity index is 1390. The number of nitrogens with zero attached hydrogens (tertiary/aromatic N) is 6. The van der Waals surface area contributed by atoms with E-state index in [-0.39, 0.29) is 6.10 Å². The SMILES string of the molecule is Cc1nn(C)c2c1/C=C/c1n[nH]c3ccc(cc13)-c1cnn(C)c1O[C@@H](C)CN(C1COC1)C2. The van der Waals surface area contributed by atoms with Crippen molar-refractivity contribution in [2.24, 2.45) is 14.1 Å². The van der Waals surface area contributed by atoms with Crippen LogP contribution in [-0.4, -0.2) is 66.6 Å². The quantitative estimate of drug-likeness (QED) is 0.471. The summed E-state index contributed by atoms with van der Waals surface area (Å²) in [5.41, 5.74) is 7.23. The number of benzene rings is 1. The molecule has 2 bridgehead atoms. The van der Waals surface area contributed by atoms with Crippen LogP contribution < -0.4 is 4.74 Å². The van der Waals surface area contributed by atoms with Gasteiger partial charge in [-0.15, -0.1) is 0 Å². The number of aromatic nitrogens is 6. The van der Waals surface area contributed by atoms with Gasteiger partial charge in [-0.2, -0.15) is 15.3 Å². The predicted octanol–water partition coefficient (Wildman–Crippen LogP) is 3.16. The van der Waals surface area contributed by atoms with Gasteiger partial charge in [-0.25, -0.2) is 4.68 Å². The minimum absolute atomic E-state index is 0.0404. The van der Waals surface area contributed by atoms with E-state index in [1.165, 1.54) is 5.69 Å². The molecule has 5 heterocycles. The summed E-state index contributed by atoms with van der Waals surface area (Å²) in [6.07, 6.45) is 6.06. The number of fused-ring (bicyclic) bond motifs is 4. The van der Waals surface area contributed by atoms with Crippen LogP contribution in [0.3, 0.4) is 0 Å². The number of hydrogen-bond acceptors (Lipinski definition) is 6. The summed E-state index contributed by atoms with van der Waals surface area (Å²) in [5, 5.41) is 18.0. The molecular formula is C25H29N7O2. The van der Waals surface area contributed by atoms with Gasteiger partial charge in [0.1, 0.15) is 6.10 Å². The molecule has 6 rings (SSSR count). The zero-order valence-electron chi connectivity index (χ0n) is 19.9. The van der Waals surface area contributed by atoms with E-state index in [9.17, 15) is 0 Å². The lowest BCUT2D eigenvalue weighted by Crippen LogP contribution is -2.51. The molecule has 176 valence electrons. The molecule has 1 N–H and O–H groups in total. The lowest BCUT2D eigenvalue weighted by Gasteiger charge is -2.38. The number of aromatic amines is 1. The van der Waals surface area contributed by atoms with Crippen LogP contribution in [0.15, 0.2) is 24.4 Å². The van der Waals surface area contributed by atoms with Crippen LogP contribution in [-0.2, 0) is 25.4 Å². The lowest BCUT2D eigenvalue weighted by molar-refractivity contribution is -0.0765. The summed E-state index contributed by atoms with van der Waals surface area (Å²) in [4.78, 5) is 2.45. The maximum atomic E-state index is 6.52. The van der Waals surface area contributed by atoms with Gasteiger partial charge in [0.2, 0.25) is 5.88 Å².